The van der Waals surface area contributed by atoms with Crippen molar-refractivity contribution in [1.29, 1.82) is 0 Å². The summed E-state index contributed by atoms with van der Waals surface area (Å²) in [5, 5.41) is 0. The van der Waals surface area contributed by atoms with Gasteiger partial charge >= 0.3 is 0 Å². The molecular weight excluding hydrogens is 195 g/mol. The Bertz CT molecular complexity index is 211. The Labute approximate surface area is 79.0 Å². The molecule has 5 heteroatoms. The molecular formula is C8H17FO3S. The second-order valence-electron chi connectivity index (χ2n) is 2.78. The molecule has 1 N–H and O–H groups in total. The molecule has 0 aromatic rings. The van der Waals surface area contributed by atoms with Gasteiger partial charge < -0.3 is 0 Å². The van der Waals surface area contributed by atoms with Gasteiger partial charge in [-0.3, -0.25) is 9.26 Å². The summed E-state index contributed by atoms with van der Waals surface area (Å²) in [7, 11) is -3.74. The molecule has 3 nitrogen and oxygen atoms in total. The summed E-state index contributed by atoms with van der Waals surface area (Å²) in [5.41, 5.74) is 0. The van der Waals surface area contributed by atoms with Gasteiger partial charge in [0.15, 0.2) is 0 Å². The van der Waals surface area contributed by atoms with Crippen LogP contribution in [0.3, 0.4) is 0 Å². The second kappa shape index (κ2) is 8.19. The molecule has 13 heavy (non-hydrogen) atoms. The summed E-state index contributed by atoms with van der Waals surface area (Å²) < 4.78 is 28.9. The predicted molar refractivity (Wildman–Crippen MR) is 52.2 cm³/mol. The monoisotopic (exact) mass is 212 g/mol. The minimum Gasteiger partial charge on any atom is -0.286 e. The van der Waals surface area contributed by atoms with Gasteiger partial charge in [0.1, 0.15) is 0 Å². The lowest BCUT2D eigenvalue weighted by atomic mass is 10.2. The third-order valence-electron chi connectivity index (χ3n) is 1.56. The average molecular weight is 212 g/mol. The molecule has 0 saturated heterocycles. The fourth-order valence-electron chi connectivity index (χ4n) is 0.927. The van der Waals surface area contributed by atoms with E-state index in [4.69, 9.17) is 4.55 Å². The van der Waals surface area contributed by atoms with Gasteiger partial charge in [-0.15, -0.1) is 6.58 Å². The maximum atomic E-state index is 10.3. The lowest BCUT2D eigenvalue weighted by Crippen LogP contribution is -2.03. The fraction of sp³-hybridized carbons (Fsp3) is 0.750. The molecule has 0 aromatic heterocycles. The predicted octanol–water partition coefficient (Wildman–Crippen LogP) is 2.16. The average Bonchev–Trinajstić information content (AvgIpc) is 1.94. The molecule has 0 aliphatic heterocycles. The quantitative estimate of drug-likeness (QED) is 0.399. The Kier molecular flexibility index (Phi) is 9.50. The Morgan fingerprint density at radius 2 is 1.69 bits per heavy atom. The summed E-state index contributed by atoms with van der Waals surface area (Å²) in [6, 6.07) is 0. The second-order valence-corrected chi connectivity index (χ2v) is 4.35. The standard InChI is InChI=1S/C8H16O3S.FH/c1-2-3-4-5-6-7-8-12(9,10)11;/h2H,1,3-8H2,(H,9,10,11);1H. The van der Waals surface area contributed by atoms with Crippen molar-refractivity contribution >= 4 is 10.1 Å². The van der Waals surface area contributed by atoms with E-state index in [1.807, 2.05) is 6.08 Å². The summed E-state index contributed by atoms with van der Waals surface area (Å²) in [6.07, 6.45) is 6.29. The smallest absolute Gasteiger partial charge is 0.264 e. The van der Waals surface area contributed by atoms with E-state index in [2.05, 4.69) is 6.58 Å². The normalized spacial score (nSPS) is 10.5. The van der Waals surface area contributed by atoms with Crippen LogP contribution in [0.15, 0.2) is 12.7 Å². The van der Waals surface area contributed by atoms with Crippen LogP contribution in [-0.4, -0.2) is 18.7 Å². The minimum atomic E-state index is -3.74. The van der Waals surface area contributed by atoms with Gasteiger partial charge in [-0.25, -0.2) is 0 Å². The first-order valence-electron chi connectivity index (χ1n) is 4.12. The lowest BCUT2D eigenvalue weighted by molar-refractivity contribution is 0.479. The Hall–Kier alpha value is -0.420. The zero-order chi connectivity index (χ0) is 9.45. The lowest BCUT2D eigenvalue weighted by Gasteiger charge is -1.97. The van der Waals surface area contributed by atoms with Crippen molar-refractivity contribution in [2.75, 3.05) is 5.75 Å². The van der Waals surface area contributed by atoms with Gasteiger partial charge in [-0.1, -0.05) is 18.9 Å². The number of rotatable bonds is 7. The van der Waals surface area contributed by atoms with Crippen LogP contribution in [0.4, 0.5) is 4.70 Å². The van der Waals surface area contributed by atoms with E-state index in [-0.39, 0.29) is 10.5 Å². The number of hydrogen-bond acceptors (Lipinski definition) is 2. The van der Waals surface area contributed by atoms with Crippen molar-refractivity contribution in [2.24, 2.45) is 0 Å². The van der Waals surface area contributed by atoms with Crippen LogP contribution in [0, 0.1) is 0 Å². The fourth-order valence-corrected chi connectivity index (χ4v) is 1.50. The van der Waals surface area contributed by atoms with E-state index in [1.165, 1.54) is 0 Å². The van der Waals surface area contributed by atoms with Crippen molar-refractivity contribution in [3.05, 3.63) is 12.7 Å². The molecule has 80 valence electrons. The van der Waals surface area contributed by atoms with Crippen molar-refractivity contribution in [3.8, 4) is 0 Å². The van der Waals surface area contributed by atoms with Crippen LogP contribution in [0.5, 0.6) is 0 Å². The van der Waals surface area contributed by atoms with E-state index in [0.29, 0.717) is 6.42 Å². The summed E-state index contributed by atoms with van der Waals surface area (Å²) in [6.45, 7) is 3.58. The van der Waals surface area contributed by atoms with Gasteiger partial charge in [0.2, 0.25) is 0 Å². The van der Waals surface area contributed by atoms with Gasteiger partial charge in [0, 0.05) is 0 Å². The first-order valence-corrected chi connectivity index (χ1v) is 5.73. The van der Waals surface area contributed by atoms with Gasteiger partial charge in [-0.2, -0.15) is 8.42 Å². The number of hydrogen-bond donors (Lipinski definition) is 1. The molecule has 0 aliphatic carbocycles. The molecule has 0 aliphatic rings. The Morgan fingerprint density at radius 1 is 1.15 bits per heavy atom. The highest BCUT2D eigenvalue weighted by Crippen LogP contribution is 2.04. The zero-order valence-electron chi connectivity index (χ0n) is 7.61. The highest BCUT2D eigenvalue weighted by atomic mass is 32.2. The van der Waals surface area contributed by atoms with E-state index in [0.717, 1.165) is 25.7 Å². The topological polar surface area (TPSA) is 54.4 Å². The zero-order valence-corrected chi connectivity index (χ0v) is 8.42. The highest BCUT2D eigenvalue weighted by Gasteiger charge is 2.02. The molecule has 0 spiro atoms. The minimum absolute atomic E-state index is 0. The van der Waals surface area contributed by atoms with Crippen molar-refractivity contribution in [3.63, 3.8) is 0 Å². The Morgan fingerprint density at radius 3 is 2.15 bits per heavy atom. The number of allylic oxidation sites excluding steroid dienone is 1. The van der Waals surface area contributed by atoms with Crippen LogP contribution in [-0.2, 0) is 10.1 Å². The first kappa shape index (κ1) is 15.1. The molecule has 0 aromatic carbocycles. The molecule has 0 radical (unpaired) electrons. The van der Waals surface area contributed by atoms with Gasteiger partial charge in [0.05, 0.1) is 5.75 Å². The molecule has 0 rings (SSSR count). The number of unbranched alkanes of at least 4 members (excludes halogenated alkanes) is 4. The third-order valence-corrected chi connectivity index (χ3v) is 2.37. The third kappa shape index (κ3) is 14.4. The van der Waals surface area contributed by atoms with E-state index >= 15 is 0 Å². The summed E-state index contributed by atoms with van der Waals surface area (Å²) in [5.74, 6) is -0.110. The van der Waals surface area contributed by atoms with Crippen molar-refractivity contribution < 1.29 is 17.7 Å². The van der Waals surface area contributed by atoms with E-state index in [1.54, 1.807) is 0 Å². The van der Waals surface area contributed by atoms with E-state index in [9.17, 15) is 8.42 Å². The maximum Gasteiger partial charge on any atom is 0.264 e. The maximum absolute atomic E-state index is 10.3. The van der Waals surface area contributed by atoms with Crippen molar-refractivity contribution in [2.45, 2.75) is 32.1 Å². The molecule has 0 heterocycles. The van der Waals surface area contributed by atoms with Gasteiger partial charge in [-0.05, 0) is 19.3 Å². The van der Waals surface area contributed by atoms with Crippen molar-refractivity contribution in [1.82, 2.24) is 0 Å². The number of halogens is 1. The van der Waals surface area contributed by atoms with Crippen LogP contribution < -0.4 is 0 Å². The molecule has 0 saturated carbocycles. The summed E-state index contributed by atoms with van der Waals surface area (Å²) >= 11 is 0. The molecule has 0 fully saturated rings. The highest BCUT2D eigenvalue weighted by molar-refractivity contribution is 7.85. The Balaban J connectivity index is 0. The van der Waals surface area contributed by atoms with Crippen LogP contribution >= 0.6 is 0 Å². The molecule has 0 unspecified atom stereocenters. The SMILES string of the molecule is C=CCCCCCCS(=O)(=O)O.F. The summed E-state index contributed by atoms with van der Waals surface area (Å²) in [4.78, 5) is 0. The first-order chi connectivity index (χ1) is 5.56. The van der Waals surface area contributed by atoms with Crippen LogP contribution in [0.25, 0.3) is 0 Å². The van der Waals surface area contributed by atoms with Gasteiger partial charge in [0.25, 0.3) is 10.1 Å². The van der Waals surface area contributed by atoms with Crippen LogP contribution in [0.2, 0.25) is 0 Å². The van der Waals surface area contributed by atoms with Crippen LogP contribution in [0.1, 0.15) is 32.1 Å². The molecule has 0 bridgehead atoms. The largest absolute Gasteiger partial charge is 0.286 e. The van der Waals surface area contributed by atoms with E-state index < -0.39 is 10.1 Å². The molecule has 0 atom stereocenters. The molecule has 0 amide bonds.